The highest BCUT2D eigenvalue weighted by molar-refractivity contribution is 5.95. The number of nitrogens with one attached hydrogen (secondary N) is 3. The molecule has 0 bridgehead atoms. The molecule has 4 unspecified atom stereocenters. The van der Waals surface area contributed by atoms with E-state index < -0.39 is 60.2 Å². The van der Waals surface area contributed by atoms with E-state index in [1.54, 1.807) is 13.8 Å². The van der Waals surface area contributed by atoms with Crippen LogP contribution in [0.5, 0.6) is 5.75 Å². The lowest BCUT2D eigenvalue weighted by molar-refractivity contribution is -0.143. The van der Waals surface area contributed by atoms with Gasteiger partial charge in [0.2, 0.25) is 17.7 Å². The number of carboxylic acid groups (broad SMARTS) is 2. The Bertz CT molecular complexity index is 1060. The molecule has 15 nitrogen and oxygen atoms in total. The number of guanidine groups is 1. The van der Waals surface area contributed by atoms with E-state index >= 15 is 0 Å². The normalized spacial score (nSPS) is 13.8. The third-order valence-corrected chi connectivity index (χ3v) is 5.65. The van der Waals surface area contributed by atoms with Gasteiger partial charge in [0, 0.05) is 13.0 Å². The van der Waals surface area contributed by atoms with E-state index in [0.717, 1.165) is 0 Å². The van der Waals surface area contributed by atoms with Gasteiger partial charge in [0.15, 0.2) is 5.96 Å². The molecule has 0 heterocycles. The molecule has 0 radical (unpaired) electrons. The van der Waals surface area contributed by atoms with Crippen molar-refractivity contribution >= 4 is 35.6 Å². The summed E-state index contributed by atoms with van der Waals surface area (Å²) in [5.41, 5.74) is 16.9. The van der Waals surface area contributed by atoms with Crippen molar-refractivity contribution < 1.29 is 39.3 Å². The molecule has 0 aromatic heterocycles. The zero-order valence-electron chi connectivity index (χ0n) is 22.5. The van der Waals surface area contributed by atoms with E-state index in [2.05, 4.69) is 20.9 Å². The monoisotopic (exact) mass is 565 g/mol. The van der Waals surface area contributed by atoms with E-state index in [1.165, 1.54) is 24.3 Å². The van der Waals surface area contributed by atoms with E-state index in [-0.39, 0.29) is 43.4 Å². The molecule has 0 aliphatic carbocycles. The molecular weight excluding hydrogens is 526 g/mol. The number of phenols is 1. The molecule has 3 amide bonds. The molecule has 40 heavy (non-hydrogen) atoms. The summed E-state index contributed by atoms with van der Waals surface area (Å²) in [7, 11) is 0. The zero-order valence-corrected chi connectivity index (χ0v) is 22.5. The third-order valence-electron chi connectivity index (χ3n) is 5.65. The highest BCUT2D eigenvalue weighted by Crippen LogP contribution is 2.12. The van der Waals surface area contributed by atoms with E-state index in [0.29, 0.717) is 12.0 Å². The standard InChI is InChI=1S/C25H39N7O8/c1-13(2)10-17(30-21(36)16(26)4-3-9-29-25(27)28)22(37)31-18(12-20(34)35)23(38)32-19(24(39)40)11-14-5-7-15(33)8-6-14/h5-8,13,16-19,33H,3-4,9-12,26H2,1-2H3,(H,30,36)(H,31,37)(H,32,38)(H,34,35)(H,39,40)(H4,27,28,29). The molecule has 1 aromatic carbocycles. The summed E-state index contributed by atoms with van der Waals surface area (Å²) in [5, 5.41) is 35.4. The first-order chi connectivity index (χ1) is 18.7. The number of aliphatic carboxylic acids is 2. The lowest BCUT2D eigenvalue weighted by Crippen LogP contribution is -2.57. The average Bonchev–Trinajstić information content (AvgIpc) is 2.85. The SMILES string of the molecule is CC(C)CC(NC(=O)C(N)CCCN=C(N)N)C(=O)NC(CC(=O)O)C(=O)NC(Cc1ccc(O)cc1)C(=O)O. The van der Waals surface area contributed by atoms with Crippen LogP contribution in [-0.4, -0.2) is 81.7 Å². The number of aromatic hydroxyl groups is 1. The van der Waals surface area contributed by atoms with Crippen molar-refractivity contribution in [2.45, 2.75) is 70.1 Å². The second kappa shape index (κ2) is 16.5. The van der Waals surface area contributed by atoms with Crippen molar-refractivity contribution in [3.05, 3.63) is 29.8 Å². The van der Waals surface area contributed by atoms with Crippen LogP contribution < -0.4 is 33.2 Å². The summed E-state index contributed by atoms with van der Waals surface area (Å²) >= 11 is 0. The van der Waals surface area contributed by atoms with E-state index in [4.69, 9.17) is 17.2 Å². The first-order valence-corrected chi connectivity index (χ1v) is 12.6. The van der Waals surface area contributed by atoms with Gasteiger partial charge in [-0.2, -0.15) is 0 Å². The predicted molar refractivity (Wildman–Crippen MR) is 145 cm³/mol. The van der Waals surface area contributed by atoms with Crippen molar-refractivity contribution in [2.24, 2.45) is 28.1 Å². The van der Waals surface area contributed by atoms with Gasteiger partial charge in [-0.05, 0) is 42.9 Å². The number of rotatable bonds is 17. The summed E-state index contributed by atoms with van der Waals surface area (Å²) < 4.78 is 0. The number of hydrogen-bond acceptors (Lipinski definition) is 8. The zero-order chi connectivity index (χ0) is 30.4. The molecule has 1 rings (SSSR count). The highest BCUT2D eigenvalue weighted by Gasteiger charge is 2.32. The number of benzene rings is 1. The van der Waals surface area contributed by atoms with Gasteiger partial charge < -0.3 is 48.5 Å². The summed E-state index contributed by atoms with van der Waals surface area (Å²) in [5.74, 6) is -5.51. The Kier molecular flexibility index (Phi) is 13.9. The first kappa shape index (κ1) is 33.6. The van der Waals surface area contributed by atoms with E-state index in [9.17, 15) is 39.3 Å². The molecule has 0 saturated heterocycles. The van der Waals surface area contributed by atoms with Crippen molar-refractivity contribution in [3.8, 4) is 5.75 Å². The molecular formula is C25H39N7O8. The fourth-order valence-corrected chi connectivity index (χ4v) is 3.63. The third kappa shape index (κ3) is 12.9. The maximum absolute atomic E-state index is 13.1. The summed E-state index contributed by atoms with van der Waals surface area (Å²) in [6.45, 7) is 3.85. The smallest absolute Gasteiger partial charge is 0.326 e. The highest BCUT2D eigenvalue weighted by atomic mass is 16.4. The summed E-state index contributed by atoms with van der Waals surface area (Å²) in [6.07, 6.45) is -0.222. The first-order valence-electron chi connectivity index (χ1n) is 12.6. The Labute approximate surface area is 231 Å². The average molecular weight is 566 g/mol. The number of nitrogens with zero attached hydrogens (tertiary/aromatic N) is 1. The van der Waals surface area contributed by atoms with Crippen molar-refractivity contribution in [2.75, 3.05) is 6.54 Å². The van der Waals surface area contributed by atoms with Crippen LogP contribution in [0.4, 0.5) is 0 Å². The van der Waals surface area contributed by atoms with Crippen LogP contribution in [0.3, 0.4) is 0 Å². The predicted octanol–water partition coefficient (Wildman–Crippen LogP) is -1.62. The van der Waals surface area contributed by atoms with Crippen molar-refractivity contribution in [1.82, 2.24) is 16.0 Å². The van der Waals surface area contributed by atoms with Gasteiger partial charge >= 0.3 is 11.9 Å². The minimum Gasteiger partial charge on any atom is -0.508 e. The van der Waals surface area contributed by atoms with Crippen LogP contribution in [0, 0.1) is 5.92 Å². The van der Waals surface area contributed by atoms with Crippen LogP contribution in [0.15, 0.2) is 29.3 Å². The largest absolute Gasteiger partial charge is 0.508 e. The number of carboxylic acids is 2. The number of hydrogen-bond donors (Lipinski definition) is 9. The topological polar surface area (TPSA) is 273 Å². The van der Waals surface area contributed by atoms with Gasteiger partial charge in [0.25, 0.3) is 0 Å². The van der Waals surface area contributed by atoms with Gasteiger partial charge in [0.1, 0.15) is 23.9 Å². The minimum atomic E-state index is -1.63. The number of aliphatic imine (C=N–C) groups is 1. The Hall–Kier alpha value is -4.40. The van der Waals surface area contributed by atoms with Gasteiger partial charge in [-0.15, -0.1) is 0 Å². The van der Waals surface area contributed by atoms with Gasteiger partial charge in [-0.1, -0.05) is 26.0 Å². The number of nitrogens with two attached hydrogens (primary N) is 3. The molecule has 4 atom stereocenters. The number of phenolic OH excluding ortho intramolecular Hbond substituents is 1. The van der Waals surface area contributed by atoms with Crippen LogP contribution in [0.25, 0.3) is 0 Å². The number of amides is 3. The van der Waals surface area contributed by atoms with Gasteiger partial charge in [-0.25, -0.2) is 4.79 Å². The van der Waals surface area contributed by atoms with Crippen LogP contribution >= 0.6 is 0 Å². The molecule has 0 aliphatic heterocycles. The molecule has 222 valence electrons. The summed E-state index contributed by atoms with van der Waals surface area (Å²) in [4.78, 5) is 65.6. The van der Waals surface area contributed by atoms with E-state index in [1.807, 2.05) is 0 Å². The Morgan fingerprint density at radius 1 is 0.875 bits per heavy atom. The maximum atomic E-state index is 13.1. The Morgan fingerprint density at radius 2 is 1.43 bits per heavy atom. The Balaban J connectivity index is 2.96. The molecule has 0 saturated carbocycles. The summed E-state index contributed by atoms with van der Waals surface area (Å²) in [6, 6.07) is 0.432. The van der Waals surface area contributed by atoms with Crippen LogP contribution in [-0.2, 0) is 30.4 Å². The lowest BCUT2D eigenvalue weighted by Gasteiger charge is -2.25. The van der Waals surface area contributed by atoms with Gasteiger partial charge in [-0.3, -0.25) is 24.2 Å². The molecule has 1 aromatic rings. The molecule has 0 fully saturated rings. The minimum absolute atomic E-state index is 0.0289. The van der Waals surface area contributed by atoms with Crippen molar-refractivity contribution in [1.29, 1.82) is 0 Å². The van der Waals surface area contributed by atoms with Crippen LogP contribution in [0.2, 0.25) is 0 Å². The number of carbonyl (C=O) groups excluding carboxylic acids is 3. The second-order valence-corrected chi connectivity index (χ2v) is 9.68. The Morgan fingerprint density at radius 3 is 1.95 bits per heavy atom. The molecule has 0 spiro atoms. The molecule has 15 heteroatoms. The van der Waals surface area contributed by atoms with Crippen LogP contribution in [0.1, 0.15) is 45.1 Å². The van der Waals surface area contributed by atoms with Gasteiger partial charge in [0.05, 0.1) is 12.5 Å². The van der Waals surface area contributed by atoms with Crippen molar-refractivity contribution in [3.63, 3.8) is 0 Å². The quantitative estimate of drug-likeness (QED) is 0.0587. The second-order valence-electron chi connectivity index (χ2n) is 9.68. The molecule has 12 N–H and O–H groups in total. The fraction of sp³-hybridized carbons (Fsp3) is 0.520. The maximum Gasteiger partial charge on any atom is 0.326 e. The molecule has 0 aliphatic rings. The lowest BCUT2D eigenvalue weighted by atomic mass is 10.0. The fourth-order valence-electron chi connectivity index (χ4n) is 3.63. The number of carbonyl (C=O) groups is 5.